The van der Waals surface area contributed by atoms with E-state index in [1.807, 2.05) is 24.3 Å². The van der Waals surface area contributed by atoms with Crippen molar-refractivity contribution in [2.45, 2.75) is 26.3 Å². The largest absolute Gasteiger partial charge is 0.419 e. The van der Waals surface area contributed by atoms with Crippen LogP contribution in [-0.4, -0.2) is 39.9 Å². The Balaban J connectivity index is 1.74. The van der Waals surface area contributed by atoms with Gasteiger partial charge in [0.05, 0.1) is 6.04 Å². The number of aliphatic hydroxyl groups excluding tert-OH is 1. The van der Waals surface area contributed by atoms with Gasteiger partial charge in [-0.15, -0.1) is 10.2 Å². The molecular formula is C16H21N3O2. The van der Waals surface area contributed by atoms with Crippen LogP contribution in [0.4, 0.5) is 0 Å². The molecule has 1 aliphatic heterocycles. The molecule has 1 aromatic heterocycles. The Morgan fingerprint density at radius 1 is 1.33 bits per heavy atom. The van der Waals surface area contributed by atoms with Gasteiger partial charge in [-0.2, -0.15) is 0 Å². The molecule has 5 heteroatoms. The summed E-state index contributed by atoms with van der Waals surface area (Å²) < 4.78 is 5.83. The molecule has 1 fully saturated rings. The van der Waals surface area contributed by atoms with Gasteiger partial charge in [0.2, 0.25) is 11.8 Å². The molecule has 2 atom stereocenters. The molecule has 0 radical (unpaired) electrons. The van der Waals surface area contributed by atoms with Gasteiger partial charge in [0.15, 0.2) is 0 Å². The minimum absolute atomic E-state index is 0.0910. The van der Waals surface area contributed by atoms with Gasteiger partial charge in [0.1, 0.15) is 0 Å². The third-order valence-corrected chi connectivity index (χ3v) is 4.22. The highest BCUT2D eigenvalue weighted by molar-refractivity contribution is 5.52. The van der Waals surface area contributed by atoms with Crippen LogP contribution in [0.2, 0.25) is 0 Å². The normalized spacial score (nSPS) is 20.8. The van der Waals surface area contributed by atoms with Crippen LogP contribution in [0.15, 0.2) is 28.7 Å². The maximum Gasteiger partial charge on any atom is 0.247 e. The third kappa shape index (κ3) is 2.99. The Hall–Kier alpha value is -1.72. The number of likely N-dealkylation sites (tertiary alicyclic amines) is 1. The van der Waals surface area contributed by atoms with E-state index in [0.717, 1.165) is 25.1 Å². The lowest BCUT2D eigenvalue weighted by Gasteiger charge is -2.20. The minimum atomic E-state index is 0.0910. The van der Waals surface area contributed by atoms with Crippen molar-refractivity contribution < 1.29 is 9.52 Å². The lowest BCUT2D eigenvalue weighted by molar-refractivity contribution is 0.190. The number of rotatable bonds is 4. The maximum absolute atomic E-state index is 9.23. The van der Waals surface area contributed by atoms with Crippen LogP contribution in [0.25, 0.3) is 11.5 Å². The van der Waals surface area contributed by atoms with E-state index in [4.69, 9.17) is 4.42 Å². The maximum atomic E-state index is 9.23. The summed E-state index contributed by atoms with van der Waals surface area (Å²) >= 11 is 0. The first-order chi connectivity index (χ1) is 10.2. The molecule has 0 bridgehead atoms. The molecule has 21 heavy (non-hydrogen) atoms. The molecule has 2 heterocycles. The standard InChI is InChI=1S/C16H21N3O2/c1-11-3-5-14(6-4-11)16-18-17-15(21-16)12(2)19-8-7-13(9-19)10-20/h3-6,12-13,20H,7-10H2,1-2H3. The first-order valence-corrected chi connectivity index (χ1v) is 7.42. The van der Waals surface area contributed by atoms with Gasteiger partial charge >= 0.3 is 0 Å². The molecular weight excluding hydrogens is 266 g/mol. The quantitative estimate of drug-likeness (QED) is 0.935. The van der Waals surface area contributed by atoms with Crippen LogP contribution in [0.3, 0.4) is 0 Å². The number of benzene rings is 1. The van der Waals surface area contributed by atoms with Gasteiger partial charge in [-0.1, -0.05) is 17.7 Å². The zero-order valence-electron chi connectivity index (χ0n) is 12.5. The summed E-state index contributed by atoms with van der Waals surface area (Å²) in [4.78, 5) is 2.29. The van der Waals surface area contributed by atoms with Crippen LogP contribution >= 0.6 is 0 Å². The highest BCUT2D eigenvalue weighted by Crippen LogP contribution is 2.28. The number of aryl methyl sites for hydroxylation is 1. The summed E-state index contributed by atoms with van der Waals surface area (Å²) in [5.41, 5.74) is 2.15. The van der Waals surface area contributed by atoms with Gasteiger partial charge in [-0.25, -0.2) is 0 Å². The molecule has 0 amide bonds. The summed E-state index contributed by atoms with van der Waals surface area (Å²) in [6.45, 7) is 6.23. The second kappa shape index (κ2) is 5.95. The van der Waals surface area contributed by atoms with E-state index < -0.39 is 0 Å². The van der Waals surface area contributed by atoms with Crippen molar-refractivity contribution in [2.75, 3.05) is 19.7 Å². The monoisotopic (exact) mass is 287 g/mol. The fraction of sp³-hybridized carbons (Fsp3) is 0.500. The smallest absolute Gasteiger partial charge is 0.247 e. The van der Waals surface area contributed by atoms with Gasteiger partial charge < -0.3 is 9.52 Å². The molecule has 0 aliphatic carbocycles. The molecule has 2 aromatic rings. The van der Waals surface area contributed by atoms with Gasteiger partial charge in [0, 0.05) is 18.7 Å². The van der Waals surface area contributed by atoms with Gasteiger partial charge in [-0.05, 0) is 44.9 Å². The fourth-order valence-electron chi connectivity index (χ4n) is 2.74. The molecule has 1 aromatic carbocycles. The van der Waals surface area contributed by atoms with Crippen LogP contribution in [0.1, 0.15) is 30.8 Å². The van der Waals surface area contributed by atoms with E-state index in [0.29, 0.717) is 17.7 Å². The molecule has 3 rings (SSSR count). The predicted molar refractivity (Wildman–Crippen MR) is 79.7 cm³/mol. The van der Waals surface area contributed by atoms with Gasteiger partial charge in [0.25, 0.3) is 0 Å². The molecule has 0 spiro atoms. The summed E-state index contributed by atoms with van der Waals surface area (Å²) in [7, 11) is 0. The molecule has 1 N–H and O–H groups in total. The average molecular weight is 287 g/mol. The summed E-state index contributed by atoms with van der Waals surface area (Å²) in [5, 5.41) is 17.6. The van der Waals surface area contributed by atoms with Crippen molar-refractivity contribution in [3.8, 4) is 11.5 Å². The highest BCUT2D eigenvalue weighted by atomic mass is 16.4. The number of nitrogens with zero attached hydrogens (tertiary/aromatic N) is 3. The van der Waals surface area contributed by atoms with Crippen molar-refractivity contribution >= 4 is 0 Å². The molecule has 1 saturated heterocycles. The summed E-state index contributed by atoms with van der Waals surface area (Å²) in [6, 6.07) is 8.15. The topological polar surface area (TPSA) is 62.4 Å². The Morgan fingerprint density at radius 2 is 2.10 bits per heavy atom. The zero-order valence-corrected chi connectivity index (χ0v) is 12.5. The zero-order chi connectivity index (χ0) is 14.8. The number of hydrogen-bond acceptors (Lipinski definition) is 5. The average Bonchev–Trinajstić information content (AvgIpc) is 3.16. The van der Waals surface area contributed by atoms with Crippen molar-refractivity contribution in [2.24, 2.45) is 5.92 Å². The van der Waals surface area contributed by atoms with Crippen LogP contribution in [0.5, 0.6) is 0 Å². The van der Waals surface area contributed by atoms with E-state index in [-0.39, 0.29) is 12.6 Å². The Labute approximate surface area is 124 Å². The van der Waals surface area contributed by atoms with Crippen molar-refractivity contribution in [3.05, 3.63) is 35.7 Å². The fourth-order valence-corrected chi connectivity index (χ4v) is 2.74. The van der Waals surface area contributed by atoms with Crippen molar-refractivity contribution in [3.63, 3.8) is 0 Å². The first-order valence-electron chi connectivity index (χ1n) is 7.42. The van der Waals surface area contributed by atoms with E-state index in [1.165, 1.54) is 5.56 Å². The Kier molecular flexibility index (Phi) is 4.03. The second-order valence-electron chi connectivity index (χ2n) is 5.82. The lowest BCUT2D eigenvalue weighted by atomic mass is 10.1. The highest BCUT2D eigenvalue weighted by Gasteiger charge is 2.29. The van der Waals surface area contributed by atoms with Crippen LogP contribution in [-0.2, 0) is 0 Å². The summed E-state index contributed by atoms with van der Waals surface area (Å²) in [6.07, 6.45) is 1.03. The number of hydrogen-bond donors (Lipinski definition) is 1. The SMILES string of the molecule is Cc1ccc(-c2nnc(C(C)N3CCC(CO)C3)o2)cc1. The molecule has 5 nitrogen and oxygen atoms in total. The summed E-state index contributed by atoms with van der Waals surface area (Å²) in [5.74, 6) is 1.57. The number of aliphatic hydroxyl groups is 1. The first kappa shape index (κ1) is 14.2. The van der Waals surface area contributed by atoms with E-state index >= 15 is 0 Å². The second-order valence-corrected chi connectivity index (χ2v) is 5.82. The molecule has 2 unspecified atom stereocenters. The predicted octanol–water partition coefficient (Wildman–Crippen LogP) is 2.42. The number of aromatic nitrogens is 2. The lowest BCUT2D eigenvalue weighted by Crippen LogP contribution is -2.25. The van der Waals surface area contributed by atoms with Gasteiger partial charge in [-0.3, -0.25) is 4.90 Å². The Morgan fingerprint density at radius 3 is 2.76 bits per heavy atom. The van der Waals surface area contributed by atoms with Crippen LogP contribution < -0.4 is 0 Å². The molecule has 0 saturated carbocycles. The minimum Gasteiger partial charge on any atom is -0.419 e. The van der Waals surface area contributed by atoms with E-state index in [1.54, 1.807) is 0 Å². The van der Waals surface area contributed by atoms with Crippen molar-refractivity contribution in [1.29, 1.82) is 0 Å². The van der Waals surface area contributed by atoms with Crippen molar-refractivity contribution in [1.82, 2.24) is 15.1 Å². The van der Waals surface area contributed by atoms with E-state index in [9.17, 15) is 5.11 Å². The van der Waals surface area contributed by atoms with E-state index in [2.05, 4.69) is 28.9 Å². The third-order valence-electron chi connectivity index (χ3n) is 4.22. The Bertz CT molecular complexity index is 594. The van der Waals surface area contributed by atoms with Crippen LogP contribution in [0, 0.1) is 12.8 Å². The molecule has 1 aliphatic rings. The molecule has 112 valence electrons.